The molecule has 0 amide bonds. The molecule has 0 spiro atoms. The monoisotopic (exact) mass is 247 g/mol. The Morgan fingerprint density at radius 1 is 1.06 bits per heavy atom. The summed E-state index contributed by atoms with van der Waals surface area (Å²) >= 11 is 0. The molecule has 0 radical (unpaired) electrons. The van der Waals surface area contributed by atoms with E-state index in [0.29, 0.717) is 6.54 Å². The minimum Gasteiger partial charge on any atom is -0.388 e. The average Bonchev–Trinajstić information content (AvgIpc) is 2.62. The van der Waals surface area contributed by atoms with Crippen molar-refractivity contribution in [2.75, 3.05) is 11.9 Å². The van der Waals surface area contributed by atoms with Crippen LogP contribution in [0.2, 0.25) is 0 Å². The Bertz CT molecular complexity index is 350. The Hall–Kier alpha value is -1.02. The summed E-state index contributed by atoms with van der Waals surface area (Å²) in [5.41, 5.74) is 1.97. The van der Waals surface area contributed by atoms with E-state index >= 15 is 0 Å². The molecule has 0 atom stereocenters. The SMILES string of the molecule is CCc1ccc(NCC2(O)CCCCCC2)cc1. The minimum absolute atomic E-state index is 0.500. The molecular weight excluding hydrogens is 222 g/mol. The van der Waals surface area contributed by atoms with Crippen LogP contribution in [0.1, 0.15) is 51.0 Å². The second-order valence-corrected chi connectivity index (χ2v) is 5.54. The number of hydrogen-bond donors (Lipinski definition) is 2. The first-order chi connectivity index (χ1) is 8.72. The van der Waals surface area contributed by atoms with Crippen molar-refractivity contribution in [3.63, 3.8) is 0 Å². The van der Waals surface area contributed by atoms with Crippen molar-refractivity contribution in [2.45, 2.75) is 57.5 Å². The summed E-state index contributed by atoms with van der Waals surface area (Å²) in [6, 6.07) is 8.52. The van der Waals surface area contributed by atoms with Gasteiger partial charge in [0.2, 0.25) is 0 Å². The van der Waals surface area contributed by atoms with E-state index in [4.69, 9.17) is 0 Å². The van der Waals surface area contributed by atoms with Gasteiger partial charge in [-0.25, -0.2) is 0 Å². The number of rotatable bonds is 4. The first-order valence-electron chi connectivity index (χ1n) is 7.27. The average molecular weight is 247 g/mol. The van der Waals surface area contributed by atoms with Gasteiger partial charge in [0.25, 0.3) is 0 Å². The maximum atomic E-state index is 10.6. The van der Waals surface area contributed by atoms with Crippen molar-refractivity contribution in [3.8, 4) is 0 Å². The molecule has 0 heterocycles. The van der Waals surface area contributed by atoms with E-state index in [1.54, 1.807) is 0 Å². The van der Waals surface area contributed by atoms with Gasteiger partial charge in [0.1, 0.15) is 0 Å². The predicted molar refractivity (Wildman–Crippen MR) is 77.0 cm³/mol. The molecular formula is C16H25NO. The van der Waals surface area contributed by atoms with Crippen LogP contribution < -0.4 is 5.32 Å². The zero-order valence-electron chi connectivity index (χ0n) is 11.4. The topological polar surface area (TPSA) is 32.3 Å². The molecule has 1 aliphatic carbocycles. The van der Waals surface area contributed by atoms with E-state index in [1.807, 2.05) is 0 Å². The van der Waals surface area contributed by atoms with Gasteiger partial charge in [0.05, 0.1) is 5.60 Å². The Morgan fingerprint density at radius 3 is 2.22 bits per heavy atom. The third-order valence-electron chi connectivity index (χ3n) is 4.02. The molecule has 0 aromatic heterocycles. The van der Waals surface area contributed by atoms with Crippen LogP contribution in [0.25, 0.3) is 0 Å². The van der Waals surface area contributed by atoms with E-state index in [9.17, 15) is 5.11 Å². The first-order valence-corrected chi connectivity index (χ1v) is 7.27. The van der Waals surface area contributed by atoms with Gasteiger partial charge in [-0.05, 0) is 37.0 Å². The molecule has 1 fully saturated rings. The smallest absolute Gasteiger partial charge is 0.0819 e. The molecule has 1 aromatic carbocycles. The summed E-state index contributed by atoms with van der Waals surface area (Å²) in [7, 11) is 0. The quantitative estimate of drug-likeness (QED) is 0.794. The first kappa shape index (κ1) is 13.4. The van der Waals surface area contributed by atoms with E-state index in [-0.39, 0.29) is 0 Å². The highest BCUT2D eigenvalue weighted by Gasteiger charge is 2.27. The highest BCUT2D eigenvalue weighted by atomic mass is 16.3. The number of anilines is 1. The fraction of sp³-hybridized carbons (Fsp3) is 0.625. The molecule has 1 saturated carbocycles. The Balaban J connectivity index is 1.88. The van der Waals surface area contributed by atoms with Crippen LogP contribution in [-0.2, 0) is 6.42 Å². The van der Waals surface area contributed by atoms with E-state index in [1.165, 1.54) is 18.4 Å². The lowest BCUT2D eigenvalue weighted by Crippen LogP contribution is -2.36. The number of benzene rings is 1. The molecule has 0 unspecified atom stereocenters. The van der Waals surface area contributed by atoms with Crippen LogP contribution in [0.5, 0.6) is 0 Å². The van der Waals surface area contributed by atoms with Crippen molar-refractivity contribution < 1.29 is 5.11 Å². The van der Waals surface area contributed by atoms with Crippen LogP contribution in [0.3, 0.4) is 0 Å². The zero-order chi connectivity index (χ0) is 12.8. The second kappa shape index (κ2) is 6.24. The maximum absolute atomic E-state index is 10.6. The maximum Gasteiger partial charge on any atom is 0.0819 e. The molecule has 2 rings (SSSR count). The van der Waals surface area contributed by atoms with Crippen LogP contribution >= 0.6 is 0 Å². The van der Waals surface area contributed by atoms with Crippen molar-refractivity contribution in [1.82, 2.24) is 0 Å². The fourth-order valence-electron chi connectivity index (χ4n) is 2.69. The van der Waals surface area contributed by atoms with Gasteiger partial charge in [-0.2, -0.15) is 0 Å². The fourth-order valence-corrected chi connectivity index (χ4v) is 2.69. The normalized spacial score (nSPS) is 19.2. The number of nitrogens with one attached hydrogen (secondary N) is 1. The van der Waals surface area contributed by atoms with Gasteiger partial charge < -0.3 is 10.4 Å². The van der Waals surface area contributed by atoms with Crippen LogP contribution in [-0.4, -0.2) is 17.3 Å². The van der Waals surface area contributed by atoms with Gasteiger partial charge in [-0.15, -0.1) is 0 Å². The predicted octanol–water partition coefficient (Wildman–Crippen LogP) is 3.75. The zero-order valence-corrected chi connectivity index (χ0v) is 11.4. The molecule has 2 nitrogen and oxygen atoms in total. The van der Waals surface area contributed by atoms with Crippen LogP contribution in [0.4, 0.5) is 5.69 Å². The lowest BCUT2D eigenvalue weighted by Gasteiger charge is -2.27. The molecule has 0 bridgehead atoms. The van der Waals surface area contributed by atoms with Gasteiger partial charge in [0, 0.05) is 12.2 Å². The summed E-state index contributed by atoms with van der Waals surface area (Å²) in [5, 5.41) is 13.9. The molecule has 2 N–H and O–H groups in total. The third-order valence-corrected chi connectivity index (χ3v) is 4.02. The molecule has 1 aliphatic rings. The Labute approximate surface area is 110 Å². The molecule has 18 heavy (non-hydrogen) atoms. The summed E-state index contributed by atoms with van der Waals surface area (Å²) in [6.45, 7) is 2.84. The van der Waals surface area contributed by atoms with E-state index in [2.05, 4.69) is 36.5 Å². The molecule has 1 aromatic rings. The molecule has 0 saturated heterocycles. The summed E-state index contributed by atoms with van der Waals surface area (Å²) in [4.78, 5) is 0. The largest absolute Gasteiger partial charge is 0.388 e. The van der Waals surface area contributed by atoms with Gasteiger partial charge in [-0.1, -0.05) is 44.7 Å². The highest BCUT2D eigenvalue weighted by Crippen LogP contribution is 2.27. The number of aliphatic hydroxyl groups is 1. The van der Waals surface area contributed by atoms with Crippen molar-refractivity contribution in [2.24, 2.45) is 0 Å². The van der Waals surface area contributed by atoms with Gasteiger partial charge in [0.15, 0.2) is 0 Å². The minimum atomic E-state index is -0.500. The van der Waals surface area contributed by atoms with E-state index < -0.39 is 5.60 Å². The summed E-state index contributed by atoms with van der Waals surface area (Å²) < 4.78 is 0. The Kier molecular flexibility index (Phi) is 4.65. The highest BCUT2D eigenvalue weighted by molar-refractivity contribution is 5.44. The standard InChI is InChI=1S/C16H25NO/c1-2-14-7-9-15(10-8-14)17-13-16(18)11-5-3-4-6-12-16/h7-10,17-18H,2-6,11-13H2,1H3. The van der Waals surface area contributed by atoms with E-state index in [0.717, 1.165) is 37.8 Å². The Morgan fingerprint density at radius 2 is 1.67 bits per heavy atom. The number of hydrogen-bond acceptors (Lipinski definition) is 2. The summed E-state index contributed by atoms with van der Waals surface area (Å²) in [6.07, 6.45) is 7.81. The van der Waals surface area contributed by atoms with Crippen molar-refractivity contribution in [3.05, 3.63) is 29.8 Å². The molecule has 100 valence electrons. The van der Waals surface area contributed by atoms with Crippen LogP contribution in [0, 0.1) is 0 Å². The lowest BCUT2D eigenvalue weighted by molar-refractivity contribution is 0.0381. The second-order valence-electron chi connectivity index (χ2n) is 5.54. The molecule has 0 aliphatic heterocycles. The van der Waals surface area contributed by atoms with Crippen molar-refractivity contribution >= 4 is 5.69 Å². The number of aryl methyl sites for hydroxylation is 1. The van der Waals surface area contributed by atoms with Gasteiger partial charge in [-0.3, -0.25) is 0 Å². The summed E-state index contributed by atoms with van der Waals surface area (Å²) in [5.74, 6) is 0. The van der Waals surface area contributed by atoms with Crippen LogP contribution in [0.15, 0.2) is 24.3 Å². The van der Waals surface area contributed by atoms with Gasteiger partial charge >= 0.3 is 0 Å². The lowest BCUT2D eigenvalue weighted by atomic mass is 9.94. The molecule has 2 heteroatoms. The third kappa shape index (κ3) is 3.74. The van der Waals surface area contributed by atoms with Crippen molar-refractivity contribution in [1.29, 1.82) is 0 Å².